The van der Waals surface area contributed by atoms with E-state index in [1.807, 2.05) is 29.7 Å². The van der Waals surface area contributed by atoms with Crippen molar-refractivity contribution in [2.24, 2.45) is 5.84 Å². The fourth-order valence-electron chi connectivity index (χ4n) is 2.09. The van der Waals surface area contributed by atoms with Gasteiger partial charge in [0.1, 0.15) is 0 Å². The van der Waals surface area contributed by atoms with E-state index in [-0.39, 0.29) is 17.8 Å². The van der Waals surface area contributed by atoms with Crippen LogP contribution in [0.1, 0.15) is 16.2 Å². The van der Waals surface area contributed by atoms with Crippen molar-refractivity contribution in [1.82, 2.24) is 15.1 Å². The Bertz CT molecular complexity index is 866. The summed E-state index contributed by atoms with van der Waals surface area (Å²) in [4.78, 5) is 23.6. The molecule has 21 heavy (non-hydrogen) atoms. The topological polar surface area (TPSA) is 103 Å². The second-order valence-corrected chi connectivity index (χ2v) is 4.49. The summed E-state index contributed by atoms with van der Waals surface area (Å²) in [5, 5.41) is 5.09. The second-order valence-electron chi connectivity index (χ2n) is 4.49. The van der Waals surface area contributed by atoms with Crippen LogP contribution in [-0.4, -0.2) is 15.6 Å². The number of hydrogen-bond donors (Lipinski definition) is 2. The van der Waals surface area contributed by atoms with Gasteiger partial charge in [0.15, 0.2) is 11.5 Å². The molecule has 0 unspecified atom stereocenters. The molecule has 0 bridgehead atoms. The predicted molar refractivity (Wildman–Crippen MR) is 75.5 cm³/mol. The van der Waals surface area contributed by atoms with E-state index < -0.39 is 5.91 Å². The number of nitrogen functional groups attached to an aromatic ring is 1. The molecule has 1 aromatic carbocycles. The first-order valence-corrected chi connectivity index (χ1v) is 6.24. The van der Waals surface area contributed by atoms with Gasteiger partial charge in [0, 0.05) is 17.6 Å². The maximum Gasteiger partial charge on any atom is 0.287 e. The summed E-state index contributed by atoms with van der Waals surface area (Å²) in [6, 6.07) is 10.6. The average Bonchev–Trinajstić information content (AvgIpc) is 2.98. The minimum atomic E-state index is -0.546. The number of nitrogens with one attached hydrogen (secondary N) is 1. The first kappa shape index (κ1) is 13.1. The third kappa shape index (κ3) is 2.41. The van der Waals surface area contributed by atoms with Crippen molar-refractivity contribution in [1.29, 1.82) is 0 Å². The van der Waals surface area contributed by atoms with E-state index in [1.54, 1.807) is 12.3 Å². The van der Waals surface area contributed by atoms with Gasteiger partial charge < -0.3 is 9.09 Å². The molecule has 7 heteroatoms. The van der Waals surface area contributed by atoms with Crippen LogP contribution in [-0.2, 0) is 6.54 Å². The van der Waals surface area contributed by atoms with Gasteiger partial charge in [0.05, 0.1) is 6.54 Å². The van der Waals surface area contributed by atoms with Gasteiger partial charge in [-0.3, -0.25) is 15.0 Å². The Labute approximate surface area is 118 Å². The van der Waals surface area contributed by atoms with E-state index >= 15 is 0 Å². The van der Waals surface area contributed by atoms with Crippen LogP contribution in [0.3, 0.4) is 0 Å². The van der Waals surface area contributed by atoms with Gasteiger partial charge in [-0.25, -0.2) is 5.84 Å². The number of hydrazine groups is 1. The molecule has 0 spiro atoms. The van der Waals surface area contributed by atoms with Crippen molar-refractivity contribution in [2.45, 2.75) is 6.54 Å². The minimum Gasteiger partial charge on any atom is -0.359 e. The first-order chi connectivity index (χ1) is 10.2. The highest BCUT2D eigenvalue weighted by Crippen LogP contribution is 2.10. The molecular weight excluding hydrogens is 272 g/mol. The van der Waals surface area contributed by atoms with Gasteiger partial charge in [-0.2, -0.15) is 0 Å². The lowest BCUT2D eigenvalue weighted by molar-refractivity contribution is 0.0944. The van der Waals surface area contributed by atoms with Gasteiger partial charge >= 0.3 is 0 Å². The zero-order valence-corrected chi connectivity index (χ0v) is 10.9. The smallest absolute Gasteiger partial charge is 0.287 e. The van der Waals surface area contributed by atoms with Crippen molar-refractivity contribution in [3.8, 4) is 0 Å². The minimum absolute atomic E-state index is 0.0707. The molecular formula is C14H12N4O3. The van der Waals surface area contributed by atoms with Crippen LogP contribution in [0.15, 0.2) is 51.9 Å². The molecule has 0 fully saturated rings. The number of amides is 1. The molecule has 0 saturated heterocycles. The summed E-state index contributed by atoms with van der Waals surface area (Å²) in [7, 11) is 0. The molecule has 2 heterocycles. The number of pyridine rings is 1. The third-order valence-electron chi connectivity index (χ3n) is 3.13. The van der Waals surface area contributed by atoms with Gasteiger partial charge in [-0.15, -0.1) is 0 Å². The number of fused-ring (bicyclic) bond motifs is 1. The summed E-state index contributed by atoms with van der Waals surface area (Å²) in [5.41, 5.74) is 1.90. The number of rotatable bonds is 3. The highest BCUT2D eigenvalue weighted by atomic mass is 16.5. The maximum atomic E-state index is 12.3. The van der Waals surface area contributed by atoms with Crippen LogP contribution >= 0.6 is 0 Å². The molecule has 1 amide bonds. The zero-order chi connectivity index (χ0) is 14.8. The number of aromatic nitrogens is 2. The molecule has 0 aliphatic carbocycles. The normalized spacial score (nSPS) is 10.7. The summed E-state index contributed by atoms with van der Waals surface area (Å²) in [6.07, 6.45) is 1.68. The third-order valence-corrected chi connectivity index (χ3v) is 3.13. The lowest BCUT2D eigenvalue weighted by atomic mass is 10.2. The first-order valence-electron chi connectivity index (χ1n) is 6.24. The zero-order valence-electron chi connectivity index (χ0n) is 10.9. The SMILES string of the molecule is NNC(=O)c1cc(Cn2ccc3ccccc3c2=O)on1. The fourth-order valence-corrected chi connectivity index (χ4v) is 2.09. The molecule has 0 aliphatic rings. The molecule has 106 valence electrons. The number of nitrogens with zero attached hydrogens (tertiary/aromatic N) is 2. The van der Waals surface area contributed by atoms with Crippen LogP contribution in [0.25, 0.3) is 10.8 Å². The summed E-state index contributed by atoms with van der Waals surface area (Å²) >= 11 is 0. The van der Waals surface area contributed by atoms with Crippen molar-refractivity contribution in [2.75, 3.05) is 0 Å². The van der Waals surface area contributed by atoms with Crippen LogP contribution in [0.4, 0.5) is 0 Å². The summed E-state index contributed by atoms with van der Waals surface area (Å²) < 4.78 is 6.53. The molecule has 2 aromatic heterocycles. The fraction of sp³-hybridized carbons (Fsp3) is 0.0714. The Hall–Kier alpha value is -2.93. The molecule has 0 saturated carbocycles. The highest BCUT2D eigenvalue weighted by Gasteiger charge is 2.12. The van der Waals surface area contributed by atoms with E-state index in [4.69, 9.17) is 10.4 Å². The summed E-state index contributed by atoms with van der Waals surface area (Å²) in [5.74, 6) is 4.86. The van der Waals surface area contributed by atoms with E-state index in [0.29, 0.717) is 11.1 Å². The van der Waals surface area contributed by atoms with E-state index in [0.717, 1.165) is 5.39 Å². The lowest BCUT2D eigenvalue weighted by Gasteiger charge is -2.04. The molecule has 3 aromatic rings. The van der Waals surface area contributed by atoms with Gasteiger partial charge in [0.25, 0.3) is 11.5 Å². The molecule has 0 atom stereocenters. The van der Waals surface area contributed by atoms with Crippen molar-refractivity contribution in [3.05, 3.63) is 64.4 Å². The molecule has 0 aliphatic heterocycles. The number of carbonyl (C=O) groups is 1. The molecule has 0 radical (unpaired) electrons. The lowest BCUT2D eigenvalue weighted by Crippen LogP contribution is -2.30. The Morgan fingerprint density at radius 1 is 1.33 bits per heavy atom. The molecule has 3 N–H and O–H groups in total. The van der Waals surface area contributed by atoms with E-state index in [2.05, 4.69) is 5.16 Å². The average molecular weight is 284 g/mol. The van der Waals surface area contributed by atoms with Crippen molar-refractivity contribution in [3.63, 3.8) is 0 Å². The number of hydrogen-bond acceptors (Lipinski definition) is 5. The van der Waals surface area contributed by atoms with Gasteiger partial charge in [-0.1, -0.05) is 23.4 Å². The Morgan fingerprint density at radius 2 is 2.14 bits per heavy atom. The standard InChI is InChI=1S/C14H12N4O3/c15-16-13(19)12-7-10(21-17-12)8-18-6-5-9-3-1-2-4-11(9)14(18)20/h1-7H,8,15H2,(H,16,19). The monoisotopic (exact) mass is 284 g/mol. The maximum absolute atomic E-state index is 12.3. The Kier molecular flexibility index (Phi) is 3.25. The van der Waals surface area contributed by atoms with Crippen LogP contribution in [0.2, 0.25) is 0 Å². The largest absolute Gasteiger partial charge is 0.359 e. The molecule has 7 nitrogen and oxygen atoms in total. The van der Waals surface area contributed by atoms with Crippen molar-refractivity contribution < 1.29 is 9.32 Å². The van der Waals surface area contributed by atoms with Crippen LogP contribution < -0.4 is 16.8 Å². The quantitative estimate of drug-likeness (QED) is 0.417. The Balaban J connectivity index is 1.95. The van der Waals surface area contributed by atoms with Gasteiger partial charge in [0.2, 0.25) is 0 Å². The van der Waals surface area contributed by atoms with Crippen LogP contribution in [0, 0.1) is 0 Å². The molecule has 3 rings (SSSR count). The highest BCUT2D eigenvalue weighted by molar-refractivity contribution is 5.91. The van der Waals surface area contributed by atoms with Gasteiger partial charge in [-0.05, 0) is 17.5 Å². The van der Waals surface area contributed by atoms with Crippen molar-refractivity contribution >= 4 is 16.7 Å². The van der Waals surface area contributed by atoms with Crippen LogP contribution in [0.5, 0.6) is 0 Å². The number of nitrogens with two attached hydrogens (primary N) is 1. The van der Waals surface area contributed by atoms with E-state index in [9.17, 15) is 9.59 Å². The van der Waals surface area contributed by atoms with E-state index in [1.165, 1.54) is 10.6 Å². The second kappa shape index (κ2) is 5.22. The predicted octanol–water partition coefficient (Wildman–Crippen LogP) is 0.641. The number of benzene rings is 1. The summed E-state index contributed by atoms with van der Waals surface area (Å²) in [6.45, 7) is 0.189. The number of carbonyl (C=O) groups excluding carboxylic acids is 1. The Morgan fingerprint density at radius 3 is 2.95 bits per heavy atom.